The minimum absolute atomic E-state index is 0.0622. The highest BCUT2D eigenvalue weighted by Gasteiger charge is 2.63. The lowest BCUT2D eigenvalue weighted by molar-refractivity contribution is -0.384. The van der Waals surface area contributed by atoms with Crippen LogP contribution in [0, 0.1) is 10.1 Å². The van der Waals surface area contributed by atoms with Crippen LogP contribution in [0.5, 0.6) is 0 Å². The Hall–Kier alpha value is -9.55. The summed E-state index contributed by atoms with van der Waals surface area (Å²) >= 11 is 0. The van der Waals surface area contributed by atoms with Gasteiger partial charge in [0.1, 0.15) is 113 Å². The summed E-state index contributed by atoms with van der Waals surface area (Å²) < 4.78 is 112. The van der Waals surface area contributed by atoms with Crippen LogP contribution in [-0.4, -0.2) is 250 Å². The van der Waals surface area contributed by atoms with Crippen molar-refractivity contribution < 1.29 is 143 Å². The number of esters is 5. The lowest BCUT2D eigenvalue weighted by Crippen LogP contribution is -2.71. The van der Waals surface area contributed by atoms with Gasteiger partial charge in [-0.15, -0.1) is 5.10 Å². The third-order valence-electron chi connectivity index (χ3n) is 16.0. The molecule has 7 rings (SSSR count). The van der Waals surface area contributed by atoms with Crippen molar-refractivity contribution in [3.05, 3.63) is 51.8 Å². The van der Waals surface area contributed by atoms with Crippen LogP contribution in [0.2, 0.25) is 0 Å². The van der Waals surface area contributed by atoms with Crippen molar-refractivity contribution in [3.63, 3.8) is 0 Å². The van der Waals surface area contributed by atoms with Crippen LogP contribution in [0.15, 0.2) is 30.5 Å². The van der Waals surface area contributed by atoms with Gasteiger partial charge in [0.15, 0.2) is 37.2 Å². The quantitative estimate of drug-likeness (QED) is 0.0246. The number of rotatable bonds is 24. The second kappa shape index (κ2) is 36.5. The minimum atomic E-state index is -2.12. The van der Waals surface area contributed by atoms with Crippen LogP contribution in [0.3, 0.4) is 0 Å². The molecule has 6 N–H and O–H groups in total. The van der Waals surface area contributed by atoms with Gasteiger partial charge in [-0.3, -0.25) is 29.3 Å². The van der Waals surface area contributed by atoms with Gasteiger partial charge in [-0.2, -0.15) is 0 Å². The lowest BCUT2D eigenvalue weighted by Gasteiger charge is -2.50. The van der Waals surface area contributed by atoms with Crippen molar-refractivity contribution in [1.82, 2.24) is 46.9 Å². The zero-order valence-electron chi connectivity index (χ0n) is 66.8. The fourth-order valence-corrected chi connectivity index (χ4v) is 12.1. The zero-order chi connectivity index (χ0) is 83.7. The SMILES string of the molecule is CC(=O)OC[C@H]1O[C@@H](O[C@@H]2[C@@H](NC(=O)OC(C)(C)C)[C@H](n3cc(COC(=O)c4ccc([N+](=O)[O-])cc4)nn3)C[C@H](NC(=O)OC(C)(C)C)[C@H]2O[C@@H]2O[C@H](CNC(=O)OC(C)(C)C)C(OC(C)=O)[C@H](OC(C)=O)[C@@H]2NC(=O)OC(C)(C)C)[C@H](OC(C)=O)[C@@H]1O[C@H]1O[C@@H](CNC(=O)OC(C)(C)C)[C@H]2O[C@@H]2[C@H]1NC(=O)OC(C)(C)C. The highest BCUT2D eigenvalue weighted by molar-refractivity contribution is 5.89. The number of nitrogens with zero attached hydrogens (tertiary/aromatic N) is 4. The summed E-state index contributed by atoms with van der Waals surface area (Å²) in [7, 11) is 0. The van der Waals surface area contributed by atoms with Crippen molar-refractivity contribution in [3.8, 4) is 0 Å². The molecule has 112 heavy (non-hydrogen) atoms. The van der Waals surface area contributed by atoms with E-state index >= 15 is 0 Å². The molecule has 5 aliphatic rings. The zero-order valence-corrected chi connectivity index (χ0v) is 66.8. The summed E-state index contributed by atoms with van der Waals surface area (Å²) in [4.78, 5) is 163. The number of amides is 6. The van der Waals surface area contributed by atoms with Crippen LogP contribution >= 0.6 is 0 Å². The van der Waals surface area contributed by atoms with Gasteiger partial charge in [-0.25, -0.2) is 38.2 Å². The fourth-order valence-electron chi connectivity index (χ4n) is 12.1. The number of nitro groups is 1. The number of alkyl carbamates (subject to hydrolysis) is 6. The van der Waals surface area contributed by atoms with Crippen molar-refractivity contribution in [1.29, 1.82) is 0 Å². The average Bonchev–Trinajstić information content (AvgIpc) is 1.48. The highest BCUT2D eigenvalue weighted by atomic mass is 16.8. The monoisotopic (exact) mass is 1590 g/mol. The smallest absolute Gasteiger partial charge is 0.408 e. The fraction of sp³-hybridized carbons (Fsp3) is 0.732. The predicted octanol–water partition coefficient (Wildman–Crippen LogP) is 5.57. The Morgan fingerprint density at radius 3 is 1.39 bits per heavy atom. The number of epoxide rings is 1. The maximum absolute atomic E-state index is 14.9. The molecular weight excluding hydrogens is 1490 g/mol. The molecule has 0 spiro atoms. The van der Waals surface area contributed by atoms with E-state index in [9.17, 15) is 62.9 Å². The van der Waals surface area contributed by atoms with Gasteiger partial charge in [0.25, 0.3) is 5.69 Å². The first-order chi connectivity index (χ1) is 51.7. The van der Waals surface area contributed by atoms with E-state index in [1.54, 1.807) is 104 Å². The van der Waals surface area contributed by atoms with Gasteiger partial charge in [-0.1, -0.05) is 5.21 Å². The first kappa shape index (κ1) is 89.7. The topological polar surface area (TPSA) is 503 Å². The Bertz CT molecular complexity index is 3690. The summed E-state index contributed by atoms with van der Waals surface area (Å²) in [6.07, 6.45) is -28.9. The van der Waals surface area contributed by atoms with Crippen LogP contribution < -0.4 is 31.9 Å². The molecule has 0 bridgehead atoms. The Morgan fingerprint density at radius 1 is 0.464 bits per heavy atom. The van der Waals surface area contributed by atoms with E-state index in [2.05, 4.69) is 42.2 Å². The molecule has 2 aromatic rings. The van der Waals surface area contributed by atoms with Crippen molar-refractivity contribution in [2.45, 2.75) is 315 Å². The number of fused-ring (bicyclic) bond motifs is 1. The predicted molar refractivity (Wildman–Crippen MR) is 380 cm³/mol. The number of hydrogen-bond acceptors (Lipinski definition) is 33. The van der Waals surface area contributed by atoms with E-state index in [4.69, 9.17) is 85.3 Å². The van der Waals surface area contributed by atoms with Crippen molar-refractivity contribution >= 4 is 72.1 Å². The van der Waals surface area contributed by atoms with E-state index in [0.29, 0.717) is 0 Å². The summed E-state index contributed by atoms with van der Waals surface area (Å²) in [5, 5.41) is 36.4. The van der Waals surface area contributed by atoms with Crippen molar-refractivity contribution in [2.75, 3.05) is 19.7 Å². The number of non-ortho nitro benzene ring substituents is 1. The van der Waals surface area contributed by atoms with Crippen LogP contribution in [-0.2, 0) is 111 Å². The molecule has 1 unspecified atom stereocenters. The number of nitro benzene ring substituents is 1. The summed E-state index contributed by atoms with van der Waals surface area (Å²) in [6, 6.07) is -3.49. The molecule has 4 saturated heterocycles. The molecule has 4 aliphatic heterocycles. The number of ether oxygens (including phenoxy) is 18. The number of carbonyl (C=O) groups is 11. The lowest BCUT2D eigenvalue weighted by atomic mass is 9.81. The molecule has 5 heterocycles. The van der Waals surface area contributed by atoms with Gasteiger partial charge < -0.3 is 117 Å². The largest absolute Gasteiger partial charge is 0.463 e. The number of benzene rings is 1. The standard InChI is InChI=1S/C71H106N10O31/c1-33(82)95-32-44-51(105-58-47(77-65(92)112-71(20,21)22)54-50(103-54)43(101-58)29-73-61(88)108-67(8,9)10)55(99-36(4)85)59(102-44)106-52-45(75-63(90)110-69(14,15)16)41(80-30-38(78-79-80)31-96-56(86)37-23-25-39(26-24-37)81(93)94)27-40(74-62(89)109-68(11,12)13)48(52)104-57-46(76-64(91)111-70(17,18)19)53(98-35(3)84)49(97-34(2)83)42(100-57)28-72-60(87)107-66(5,6)7/h23-26,30,40-55,57-59H,27-29,31-32H2,1-22H3,(H,72,87)(H,73,88)(H,74,89)(H,75,90)(H,76,91)(H,77,92)/t40-,41+,42+,43-,44+,45-,46-,47+,48+,49?,50+,51+,52+,53+,54+,55+,57-,58+,59-/m0/s1. The first-order valence-corrected chi connectivity index (χ1v) is 36.1. The number of nitrogens with one attached hydrogen (secondary N) is 6. The maximum atomic E-state index is 14.9. The molecule has 5 fully saturated rings. The molecule has 1 saturated carbocycles. The van der Waals surface area contributed by atoms with E-state index in [1.165, 1.54) is 43.8 Å². The molecule has 6 amide bonds. The van der Waals surface area contributed by atoms with Crippen molar-refractivity contribution in [2.24, 2.45) is 0 Å². The Morgan fingerprint density at radius 2 is 0.893 bits per heavy atom. The van der Waals surface area contributed by atoms with E-state index in [-0.39, 0.29) is 23.5 Å². The van der Waals surface area contributed by atoms with Gasteiger partial charge in [0.05, 0.1) is 41.4 Å². The van der Waals surface area contributed by atoms with Crippen LogP contribution in [0.4, 0.5) is 34.5 Å². The molecular formula is C71H106N10O31. The molecule has 1 aliphatic carbocycles. The van der Waals surface area contributed by atoms with E-state index in [1.807, 2.05) is 0 Å². The highest BCUT2D eigenvalue weighted by Crippen LogP contribution is 2.43. The average molecular weight is 1600 g/mol. The van der Waals surface area contributed by atoms with Gasteiger partial charge in [-0.05, 0) is 143 Å². The molecule has 1 aromatic heterocycles. The molecule has 41 nitrogen and oxygen atoms in total. The molecule has 626 valence electrons. The first-order valence-electron chi connectivity index (χ1n) is 36.1. The molecule has 19 atom stereocenters. The summed E-state index contributed by atoms with van der Waals surface area (Å²) in [6.45, 7) is 30.2. The third-order valence-corrected chi connectivity index (χ3v) is 16.0. The molecule has 41 heteroatoms. The van der Waals surface area contributed by atoms with E-state index in [0.717, 1.165) is 39.8 Å². The normalized spacial score (nSPS) is 27.8. The van der Waals surface area contributed by atoms with Gasteiger partial charge in [0.2, 0.25) is 0 Å². The van der Waals surface area contributed by atoms with Crippen LogP contribution in [0.25, 0.3) is 0 Å². The van der Waals surface area contributed by atoms with E-state index < -0.39 is 247 Å². The Balaban J connectivity index is 1.48. The Labute approximate surface area is 646 Å². The maximum Gasteiger partial charge on any atom is 0.408 e. The number of carbonyl (C=O) groups excluding carboxylic acids is 11. The minimum Gasteiger partial charge on any atom is -0.463 e. The summed E-state index contributed by atoms with van der Waals surface area (Å²) in [5.74, 6) is -4.86. The van der Waals surface area contributed by atoms with Gasteiger partial charge >= 0.3 is 66.4 Å². The third kappa shape index (κ3) is 27.7. The van der Waals surface area contributed by atoms with Crippen LogP contribution in [0.1, 0.15) is 181 Å². The summed E-state index contributed by atoms with van der Waals surface area (Å²) in [5.41, 5.74) is -7.31. The second-order valence-corrected chi connectivity index (χ2v) is 32.9. The van der Waals surface area contributed by atoms with Gasteiger partial charge in [0, 0.05) is 46.4 Å². The molecule has 0 radical (unpaired) electrons. The number of hydrogen-bond donors (Lipinski definition) is 6. The number of aromatic nitrogens is 3. The second-order valence-electron chi connectivity index (χ2n) is 32.9. The molecule has 1 aromatic carbocycles. The Kier molecular flexibility index (Phi) is 29.2.